The maximum atomic E-state index is 6.10. The van der Waals surface area contributed by atoms with Crippen LogP contribution in [-0.4, -0.2) is 23.6 Å². The van der Waals surface area contributed by atoms with Crippen LogP contribution in [0.4, 0.5) is 5.82 Å². The summed E-state index contributed by atoms with van der Waals surface area (Å²) in [5.74, 6) is 2.30. The quantitative estimate of drug-likeness (QED) is 0.929. The normalized spacial score (nSPS) is 10.4. The molecule has 0 saturated heterocycles. The zero-order chi connectivity index (χ0) is 14.7. The summed E-state index contributed by atoms with van der Waals surface area (Å²) in [7, 11) is 1.64. The van der Waals surface area contributed by atoms with Crippen LogP contribution in [0.25, 0.3) is 11.3 Å². The average molecular weight is 292 g/mol. The van der Waals surface area contributed by atoms with E-state index in [1.807, 2.05) is 32.9 Å². The van der Waals surface area contributed by atoms with Gasteiger partial charge >= 0.3 is 0 Å². The van der Waals surface area contributed by atoms with E-state index >= 15 is 0 Å². The molecule has 4 nitrogen and oxygen atoms in total. The summed E-state index contributed by atoms with van der Waals surface area (Å²) in [6.07, 6.45) is 0. The number of nitrogens with zero attached hydrogens (tertiary/aromatic N) is 2. The van der Waals surface area contributed by atoms with Crippen molar-refractivity contribution in [3.63, 3.8) is 0 Å². The summed E-state index contributed by atoms with van der Waals surface area (Å²) >= 11 is 6.10. The first-order chi connectivity index (χ1) is 9.56. The van der Waals surface area contributed by atoms with Crippen molar-refractivity contribution in [3.05, 3.63) is 34.6 Å². The molecule has 0 spiro atoms. The van der Waals surface area contributed by atoms with Crippen LogP contribution in [0.3, 0.4) is 0 Å². The maximum Gasteiger partial charge on any atom is 0.133 e. The molecule has 0 fully saturated rings. The van der Waals surface area contributed by atoms with Crippen LogP contribution < -0.4 is 10.1 Å². The SMILES string of the molecule is CCNc1nc(C)nc(-c2cc(Cl)ccc2OC)c1C. The minimum absolute atomic E-state index is 0.654. The molecule has 0 aliphatic carbocycles. The lowest BCUT2D eigenvalue weighted by Gasteiger charge is -2.14. The molecule has 0 bridgehead atoms. The number of halogens is 1. The van der Waals surface area contributed by atoms with Crippen LogP contribution in [0, 0.1) is 13.8 Å². The molecular weight excluding hydrogens is 274 g/mol. The van der Waals surface area contributed by atoms with Gasteiger partial charge in [-0.25, -0.2) is 9.97 Å². The van der Waals surface area contributed by atoms with Crippen LogP contribution in [0.15, 0.2) is 18.2 Å². The summed E-state index contributed by atoms with van der Waals surface area (Å²) in [4.78, 5) is 8.98. The van der Waals surface area contributed by atoms with Crippen LogP contribution in [-0.2, 0) is 0 Å². The second-order valence-corrected chi connectivity index (χ2v) is 4.90. The fourth-order valence-electron chi connectivity index (χ4n) is 2.10. The van der Waals surface area contributed by atoms with Crippen molar-refractivity contribution >= 4 is 17.4 Å². The largest absolute Gasteiger partial charge is 0.496 e. The Morgan fingerprint density at radius 1 is 1.25 bits per heavy atom. The van der Waals surface area contributed by atoms with Gasteiger partial charge in [0, 0.05) is 22.7 Å². The fourth-order valence-corrected chi connectivity index (χ4v) is 2.27. The van der Waals surface area contributed by atoms with Gasteiger partial charge < -0.3 is 10.1 Å². The molecule has 5 heteroatoms. The Balaban J connectivity index is 2.66. The van der Waals surface area contributed by atoms with Crippen LogP contribution in [0.5, 0.6) is 5.75 Å². The van der Waals surface area contributed by atoms with E-state index < -0.39 is 0 Å². The first-order valence-corrected chi connectivity index (χ1v) is 6.87. The molecule has 0 aliphatic rings. The van der Waals surface area contributed by atoms with E-state index in [2.05, 4.69) is 15.3 Å². The lowest BCUT2D eigenvalue weighted by atomic mass is 10.1. The van der Waals surface area contributed by atoms with Gasteiger partial charge in [0.25, 0.3) is 0 Å². The van der Waals surface area contributed by atoms with Crippen molar-refractivity contribution in [2.45, 2.75) is 20.8 Å². The van der Waals surface area contributed by atoms with E-state index in [0.717, 1.165) is 34.9 Å². The third-order valence-electron chi connectivity index (χ3n) is 3.02. The lowest BCUT2D eigenvalue weighted by Crippen LogP contribution is -2.06. The molecule has 1 aromatic heterocycles. The molecule has 0 saturated carbocycles. The maximum absolute atomic E-state index is 6.10. The highest BCUT2D eigenvalue weighted by Gasteiger charge is 2.15. The molecule has 0 amide bonds. The molecule has 2 rings (SSSR count). The van der Waals surface area contributed by atoms with Gasteiger partial charge in [0.15, 0.2) is 0 Å². The number of hydrogen-bond donors (Lipinski definition) is 1. The van der Waals surface area contributed by atoms with E-state index in [-0.39, 0.29) is 0 Å². The molecule has 1 aromatic carbocycles. The van der Waals surface area contributed by atoms with Gasteiger partial charge in [-0.05, 0) is 39.0 Å². The van der Waals surface area contributed by atoms with Gasteiger partial charge in [-0.1, -0.05) is 11.6 Å². The topological polar surface area (TPSA) is 47.0 Å². The first kappa shape index (κ1) is 14.6. The van der Waals surface area contributed by atoms with Gasteiger partial charge in [0.2, 0.25) is 0 Å². The van der Waals surface area contributed by atoms with Gasteiger partial charge in [-0.2, -0.15) is 0 Å². The van der Waals surface area contributed by atoms with E-state index in [1.54, 1.807) is 13.2 Å². The number of nitrogens with one attached hydrogen (secondary N) is 1. The molecule has 2 aromatic rings. The summed E-state index contributed by atoms with van der Waals surface area (Å²) in [5.41, 5.74) is 2.70. The highest BCUT2D eigenvalue weighted by atomic mass is 35.5. The number of rotatable bonds is 4. The molecule has 20 heavy (non-hydrogen) atoms. The molecule has 1 heterocycles. The Labute approximate surface area is 124 Å². The second-order valence-electron chi connectivity index (χ2n) is 4.47. The van der Waals surface area contributed by atoms with E-state index in [0.29, 0.717) is 10.8 Å². The van der Waals surface area contributed by atoms with Crippen molar-refractivity contribution in [2.75, 3.05) is 19.0 Å². The third kappa shape index (κ3) is 2.85. The van der Waals surface area contributed by atoms with Crippen molar-refractivity contribution in [1.29, 1.82) is 0 Å². The number of aromatic nitrogens is 2. The second kappa shape index (κ2) is 6.09. The number of benzene rings is 1. The van der Waals surface area contributed by atoms with E-state index in [4.69, 9.17) is 16.3 Å². The Morgan fingerprint density at radius 3 is 2.65 bits per heavy atom. The molecule has 0 unspecified atom stereocenters. The molecule has 0 atom stereocenters. The average Bonchev–Trinajstić information content (AvgIpc) is 2.42. The van der Waals surface area contributed by atoms with E-state index in [1.165, 1.54) is 0 Å². The molecule has 1 N–H and O–H groups in total. The van der Waals surface area contributed by atoms with Gasteiger partial charge in [0.05, 0.1) is 12.8 Å². The Kier molecular flexibility index (Phi) is 4.45. The van der Waals surface area contributed by atoms with Gasteiger partial charge in [0.1, 0.15) is 17.4 Å². The zero-order valence-corrected chi connectivity index (χ0v) is 12.9. The fraction of sp³-hybridized carbons (Fsp3) is 0.333. The monoisotopic (exact) mass is 291 g/mol. The van der Waals surface area contributed by atoms with Crippen LogP contribution >= 0.6 is 11.6 Å². The summed E-state index contributed by atoms with van der Waals surface area (Å²) in [5, 5.41) is 3.91. The summed E-state index contributed by atoms with van der Waals surface area (Å²) in [6, 6.07) is 5.52. The highest BCUT2D eigenvalue weighted by Crippen LogP contribution is 2.34. The lowest BCUT2D eigenvalue weighted by molar-refractivity contribution is 0.416. The van der Waals surface area contributed by atoms with Gasteiger partial charge in [-0.3, -0.25) is 0 Å². The standard InChI is InChI=1S/C15H18ClN3O/c1-5-17-15-9(2)14(18-10(3)19-15)12-8-11(16)6-7-13(12)20-4/h6-8H,5H2,1-4H3,(H,17,18,19). The van der Waals surface area contributed by atoms with Crippen molar-refractivity contribution < 1.29 is 4.74 Å². The number of ether oxygens (including phenoxy) is 1. The highest BCUT2D eigenvalue weighted by molar-refractivity contribution is 6.31. The molecule has 106 valence electrons. The minimum Gasteiger partial charge on any atom is -0.496 e. The minimum atomic E-state index is 0.654. The third-order valence-corrected chi connectivity index (χ3v) is 3.25. The van der Waals surface area contributed by atoms with Crippen molar-refractivity contribution in [1.82, 2.24) is 9.97 Å². The predicted molar refractivity (Wildman–Crippen MR) is 82.7 cm³/mol. The number of hydrogen-bond acceptors (Lipinski definition) is 4. The number of methoxy groups -OCH3 is 1. The van der Waals surface area contributed by atoms with Crippen molar-refractivity contribution in [2.24, 2.45) is 0 Å². The summed E-state index contributed by atoms with van der Waals surface area (Å²) in [6.45, 7) is 6.72. The van der Waals surface area contributed by atoms with E-state index in [9.17, 15) is 0 Å². The molecular formula is C15H18ClN3O. The summed E-state index contributed by atoms with van der Waals surface area (Å²) < 4.78 is 5.41. The Morgan fingerprint density at radius 2 is 2.00 bits per heavy atom. The smallest absolute Gasteiger partial charge is 0.133 e. The Hall–Kier alpha value is -1.81. The first-order valence-electron chi connectivity index (χ1n) is 6.49. The number of aryl methyl sites for hydroxylation is 1. The molecule has 0 aliphatic heterocycles. The van der Waals surface area contributed by atoms with Crippen LogP contribution in [0.2, 0.25) is 5.02 Å². The number of anilines is 1. The van der Waals surface area contributed by atoms with Crippen molar-refractivity contribution in [3.8, 4) is 17.0 Å². The Bertz CT molecular complexity index is 629. The van der Waals surface area contributed by atoms with Crippen LogP contribution in [0.1, 0.15) is 18.3 Å². The van der Waals surface area contributed by atoms with Gasteiger partial charge in [-0.15, -0.1) is 0 Å². The zero-order valence-electron chi connectivity index (χ0n) is 12.1. The predicted octanol–water partition coefficient (Wildman–Crippen LogP) is 3.85. The molecule has 0 radical (unpaired) electrons.